The quantitative estimate of drug-likeness (QED) is 0.921. The summed E-state index contributed by atoms with van der Waals surface area (Å²) < 4.78 is 21.2. The Morgan fingerprint density at radius 2 is 2.19 bits per heavy atom. The van der Waals surface area contributed by atoms with Gasteiger partial charge in [0.2, 0.25) is 0 Å². The van der Waals surface area contributed by atoms with E-state index in [0.29, 0.717) is 0 Å². The van der Waals surface area contributed by atoms with Crippen molar-refractivity contribution in [3.63, 3.8) is 0 Å². The van der Waals surface area contributed by atoms with E-state index < -0.39 is 0 Å². The van der Waals surface area contributed by atoms with Crippen LogP contribution in [0, 0.1) is 5.82 Å². The van der Waals surface area contributed by atoms with Crippen LogP contribution in [0.4, 0.5) is 4.39 Å². The third-order valence-corrected chi connectivity index (χ3v) is 4.46. The van der Waals surface area contributed by atoms with E-state index in [4.69, 9.17) is 4.74 Å². The number of benzene rings is 1. The molecule has 0 saturated carbocycles. The molecule has 2 aromatic rings. The first-order chi connectivity index (χ1) is 10.2. The number of hydrogen-bond donors (Lipinski definition) is 1. The number of nitrogens with zero attached hydrogens (tertiary/aromatic N) is 1. The summed E-state index contributed by atoms with van der Waals surface area (Å²) in [4.78, 5) is 0. The minimum Gasteiger partial charge on any atom is -0.488 e. The minimum absolute atomic E-state index is 0.0350. The predicted molar refractivity (Wildman–Crippen MR) is 76.8 cm³/mol. The Morgan fingerprint density at radius 1 is 1.29 bits per heavy atom. The smallest absolute Gasteiger partial charge is 0.123 e. The molecule has 1 aromatic carbocycles. The summed E-state index contributed by atoms with van der Waals surface area (Å²) in [5, 5.41) is 10.0. The van der Waals surface area contributed by atoms with Crippen molar-refractivity contribution in [3.8, 4) is 5.75 Å². The maximum absolute atomic E-state index is 13.2. The molecule has 2 atom stereocenters. The van der Waals surface area contributed by atoms with E-state index >= 15 is 0 Å². The first kappa shape index (κ1) is 12.9. The van der Waals surface area contributed by atoms with Gasteiger partial charge in [-0.3, -0.25) is 0 Å². The number of rotatable bonds is 2. The van der Waals surface area contributed by atoms with Gasteiger partial charge in [-0.1, -0.05) is 0 Å². The molecule has 2 heterocycles. The molecule has 1 aliphatic heterocycles. The Kier molecular flexibility index (Phi) is 3.00. The average molecular weight is 287 g/mol. The first-order valence-corrected chi connectivity index (χ1v) is 7.51. The van der Waals surface area contributed by atoms with E-state index in [-0.39, 0.29) is 18.0 Å². The zero-order valence-corrected chi connectivity index (χ0v) is 11.8. The summed E-state index contributed by atoms with van der Waals surface area (Å²) in [6.07, 6.45) is 7.52. The second kappa shape index (κ2) is 4.88. The normalized spacial score (nSPS) is 23.5. The number of fused-ring (bicyclic) bond motifs is 2. The lowest BCUT2D eigenvalue weighted by Crippen LogP contribution is -2.19. The second-order valence-corrected chi connectivity index (χ2v) is 6.04. The molecule has 4 heteroatoms. The Balaban J connectivity index is 1.51. The second-order valence-electron chi connectivity index (χ2n) is 6.04. The highest BCUT2D eigenvalue weighted by Gasteiger charge is 2.25. The average Bonchev–Trinajstić information content (AvgIpc) is 3.02. The molecule has 0 fully saturated rings. The highest BCUT2D eigenvalue weighted by molar-refractivity contribution is 5.38. The Hall–Kier alpha value is -1.81. The van der Waals surface area contributed by atoms with Crippen LogP contribution in [0.2, 0.25) is 0 Å². The van der Waals surface area contributed by atoms with E-state index in [9.17, 15) is 9.50 Å². The third-order valence-electron chi connectivity index (χ3n) is 4.46. The fraction of sp³-hybridized carbons (Fsp3) is 0.412. The van der Waals surface area contributed by atoms with Gasteiger partial charge in [0.05, 0.1) is 12.6 Å². The highest BCUT2D eigenvalue weighted by atomic mass is 19.1. The van der Waals surface area contributed by atoms with Crippen LogP contribution in [0.25, 0.3) is 0 Å². The van der Waals surface area contributed by atoms with Gasteiger partial charge in [-0.15, -0.1) is 0 Å². The number of aromatic nitrogens is 1. The number of ether oxygens (including phenoxy) is 1. The number of halogens is 1. The van der Waals surface area contributed by atoms with Crippen molar-refractivity contribution in [2.75, 3.05) is 0 Å². The van der Waals surface area contributed by atoms with Crippen molar-refractivity contribution in [3.05, 3.63) is 53.1 Å². The maximum atomic E-state index is 13.2. The van der Waals surface area contributed by atoms with Gasteiger partial charge in [0.25, 0.3) is 0 Å². The first-order valence-electron chi connectivity index (χ1n) is 7.51. The van der Waals surface area contributed by atoms with Crippen molar-refractivity contribution in [2.45, 2.75) is 44.4 Å². The van der Waals surface area contributed by atoms with E-state index in [2.05, 4.69) is 10.8 Å². The monoisotopic (exact) mass is 287 g/mol. The topological polar surface area (TPSA) is 34.4 Å². The van der Waals surface area contributed by atoms with E-state index in [1.54, 1.807) is 12.1 Å². The molecule has 1 aromatic heterocycles. The molecular formula is C17H18FNO2. The van der Waals surface area contributed by atoms with Crippen molar-refractivity contribution in [1.82, 2.24) is 4.57 Å². The van der Waals surface area contributed by atoms with Gasteiger partial charge in [-0.25, -0.2) is 4.39 Å². The highest BCUT2D eigenvalue weighted by Crippen LogP contribution is 2.32. The lowest BCUT2D eigenvalue weighted by atomic mass is 9.93. The minimum atomic E-state index is -0.328. The van der Waals surface area contributed by atoms with Crippen LogP contribution >= 0.6 is 0 Å². The van der Waals surface area contributed by atoms with Gasteiger partial charge in [0, 0.05) is 29.9 Å². The number of hydrogen-bond acceptors (Lipinski definition) is 2. The van der Waals surface area contributed by atoms with Crippen LogP contribution < -0.4 is 4.74 Å². The zero-order chi connectivity index (χ0) is 14.4. The van der Waals surface area contributed by atoms with Crippen molar-refractivity contribution < 1.29 is 14.2 Å². The van der Waals surface area contributed by atoms with Crippen molar-refractivity contribution in [1.29, 1.82) is 0 Å². The van der Waals surface area contributed by atoms with Gasteiger partial charge >= 0.3 is 0 Å². The van der Waals surface area contributed by atoms with Crippen LogP contribution in [0.3, 0.4) is 0 Å². The fourth-order valence-corrected chi connectivity index (χ4v) is 3.46. The Labute approximate surface area is 123 Å². The summed E-state index contributed by atoms with van der Waals surface area (Å²) >= 11 is 0. The Morgan fingerprint density at radius 3 is 3.05 bits per heavy atom. The van der Waals surface area contributed by atoms with E-state index in [0.717, 1.165) is 49.1 Å². The summed E-state index contributed by atoms with van der Waals surface area (Å²) in [5.41, 5.74) is 3.25. The zero-order valence-electron chi connectivity index (χ0n) is 11.8. The molecule has 4 rings (SSSR count). The number of aliphatic hydroxyl groups is 1. The molecule has 3 nitrogen and oxygen atoms in total. The van der Waals surface area contributed by atoms with Gasteiger partial charge in [0.15, 0.2) is 0 Å². The summed E-state index contributed by atoms with van der Waals surface area (Å²) in [7, 11) is 0. The molecule has 21 heavy (non-hydrogen) atoms. The lowest BCUT2D eigenvalue weighted by Gasteiger charge is -2.16. The molecule has 2 aliphatic rings. The number of aryl methyl sites for hydroxylation is 1. The van der Waals surface area contributed by atoms with Crippen LogP contribution in [-0.4, -0.2) is 15.8 Å². The van der Waals surface area contributed by atoms with Gasteiger partial charge in [-0.05, 0) is 43.0 Å². The predicted octanol–water partition coefficient (Wildman–Crippen LogP) is 3.00. The van der Waals surface area contributed by atoms with Gasteiger partial charge in [-0.2, -0.15) is 0 Å². The molecule has 0 spiro atoms. The molecule has 0 amide bonds. The standard InChI is InChI=1S/C17H18FNO2/c18-13-4-5-17-12(6-13)7-14(21-17)9-19-8-11-2-1-3-16(20)15(11)10-19/h4-6,8,10,14,16,20H,1-3,7,9H2. The van der Waals surface area contributed by atoms with Crippen molar-refractivity contribution >= 4 is 0 Å². The molecule has 2 unspecified atom stereocenters. The third kappa shape index (κ3) is 2.33. The summed E-state index contributed by atoms with van der Waals surface area (Å²) in [6.45, 7) is 0.732. The van der Waals surface area contributed by atoms with E-state index in [1.807, 2.05) is 6.20 Å². The largest absolute Gasteiger partial charge is 0.488 e. The molecule has 0 saturated heterocycles. The van der Waals surface area contributed by atoms with E-state index in [1.165, 1.54) is 11.6 Å². The number of aliphatic hydroxyl groups excluding tert-OH is 1. The molecule has 0 radical (unpaired) electrons. The van der Waals surface area contributed by atoms with Crippen LogP contribution in [0.5, 0.6) is 5.75 Å². The SMILES string of the molecule is OC1CCCc2cn(CC3Cc4cc(F)ccc4O3)cc21. The Bertz CT molecular complexity index is 679. The van der Waals surface area contributed by atoms with Crippen LogP contribution in [0.1, 0.15) is 35.6 Å². The molecule has 1 N–H and O–H groups in total. The fourth-order valence-electron chi connectivity index (χ4n) is 3.46. The maximum Gasteiger partial charge on any atom is 0.123 e. The molecule has 0 bridgehead atoms. The summed E-state index contributed by atoms with van der Waals surface area (Å²) in [6, 6.07) is 4.70. The van der Waals surface area contributed by atoms with Crippen LogP contribution in [0.15, 0.2) is 30.6 Å². The van der Waals surface area contributed by atoms with Gasteiger partial charge in [0.1, 0.15) is 17.7 Å². The lowest BCUT2D eigenvalue weighted by molar-refractivity contribution is 0.156. The molecular weight excluding hydrogens is 269 g/mol. The van der Waals surface area contributed by atoms with Crippen LogP contribution in [-0.2, 0) is 19.4 Å². The van der Waals surface area contributed by atoms with Crippen molar-refractivity contribution in [2.24, 2.45) is 0 Å². The summed E-state index contributed by atoms with van der Waals surface area (Å²) in [5.74, 6) is 0.580. The molecule has 110 valence electrons. The van der Waals surface area contributed by atoms with Gasteiger partial charge < -0.3 is 14.4 Å². The molecule has 1 aliphatic carbocycles.